The third-order valence-corrected chi connectivity index (χ3v) is 1.22. The van der Waals surface area contributed by atoms with E-state index in [2.05, 4.69) is 3.07 Å². The predicted octanol–water partition coefficient (Wildman–Crippen LogP) is -7.79. The molecule has 8 heavy (non-hydrogen) atoms. The molecule has 0 aliphatic carbocycles. The van der Waals surface area contributed by atoms with E-state index in [0.29, 0.717) is 0 Å². The molecule has 0 heterocycles. The van der Waals surface area contributed by atoms with Crippen molar-refractivity contribution in [2.24, 2.45) is 0 Å². The normalized spacial score (nSPS) is 10.5. The number of aliphatic hydroxyl groups excluding tert-OH is 1. The van der Waals surface area contributed by atoms with Crippen LogP contribution in [0.1, 0.15) is 0 Å². The van der Waals surface area contributed by atoms with Gasteiger partial charge in [-0.2, -0.15) is 0 Å². The SMILES string of the molecule is [NaH].[O-][I+3]([O-])([O-])OCO. The Bertz CT molecular complexity index is 50.9. The van der Waals surface area contributed by atoms with Crippen molar-refractivity contribution in [1.29, 1.82) is 0 Å². The van der Waals surface area contributed by atoms with Crippen LogP contribution in [0, 0.1) is 0 Å². The van der Waals surface area contributed by atoms with E-state index in [-0.39, 0.29) is 29.6 Å². The summed E-state index contributed by atoms with van der Waals surface area (Å²) >= 11 is -5.51. The topological polar surface area (TPSA) is 98.6 Å². The maximum atomic E-state index is 9.39. The zero-order chi connectivity index (χ0) is 5.91. The van der Waals surface area contributed by atoms with Gasteiger partial charge in [0.25, 0.3) is 6.79 Å². The molecule has 0 saturated heterocycles. The van der Waals surface area contributed by atoms with Crippen molar-refractivity contribution in [2.75, 3.05) is 6.79 Å². The van der Waals surface area contributed by atoms with E-state index in [1.807, 2.05) is 0 Å². The molecule has 0 aromatic heterocycles. The van der Waals surface area contributed by atoms with Crippen molar-refractivity contribution in [1.82, 2.24) is 0 Å². The number of hydrogen-bond donors (Lipinski definition) is 1. The van der Waals surface area contributed by atoms with Gasteiger partial charge in [-0.1, -0.05) is 0 Å². The average molecular weight is 246 g/mol. The standard InChI is InChI=1S/CH3IO5.Na.H/c3-1-7-2(4,5)6;;/h3H,1H2;;. The maximum Gasteiger partial charge on any atom is 0.376 e. The Balaban J connectivity index is 0. The molecular weight excluding hydrogens is 242 g/mol. The quantitative estimate of drug-likeness (QED) is 0.296. The van der Waals surface area contributed by atoms with Crippen LogP contribution < -0.4 is 30.4 Å². The van der Waals surface area contributed by atoms with Gasteiger partial charge < -0.3 is 5.11 Å². The van der Waals surface area contributed by atoms with Crippen LogP contribution in [0.25, 0.3) is 0 Å². The third-order valence-electron chi connectivity index (χ3n) is 0.182. The van der Waals surface area contributed by atoms with Crippen molar-refractivity contribution in [3.8, 4) is 0 Å². The Morgan fingerprint density at radius 3 is 1.75 bits per heavy atom. The van der Waals surface area contributed by atoms with Crippen molar-refractivity contribution in [3.05, 3.63) is 0 Å². The molecule has 0 atom stereocenters. The molecule has 0 aliphatic heterocycles. The second kappa shape index (κ2) is 5.33. The molecule has 0 fully saturated rings. The van der Waals surface area contributed by atoms with E-state index in [1.54, 1.807) is 0 Å². The molecule has 1 N–H and O–H groups in total. The summed E-state index contributed by atoms with van der Waals surface area (Å²) in [6.45, 7) is -1.05. The fraction of sp³-hybridized carbons (Fsp3) is 1.00. The van der Waals surface area contributed by atoms with Gasteiger partial charge in [0.2, 0.25) is 0 Å². The fourth-order valence-corrected chi connectivity index (χ4v) is 0.401. The first-order valence-electron chi connectivity index (χ1n) is 1.22. The van der Waals surface area contributed by atoms with Crippen LogP contribution in [0.2, 0.25) is 0 Å². The largest absolute Gasteiger partial charge is 0.376 e. The van der Waals surface area contributed by atoms with E-state index < -0.39 is 26.9 Å². The summed E-state index contributed by atoms with van der Waals surface area (Å²) in [5, 5.41) is 7.62. The van der Waals surface area contributed by atoms with Gasteiger partial charge in [0.1, 0.15) is 0 Å². The summed E-state index contributed by atoms with van der Waals surface area (Å²) < 4.78 is 31.5. The Morgan fingerprint density at radius 2 is 1.75 bits per heavy atom. The van der Waals surface area contributed by atoms with Crippen LogP contribution in [0.15, 0.2) is 0 Å². The fourth-order valence-electron chi connectivity index (χ4n) is 0.0598. The van der Waals surface area contributed by atoms with Gasteiger partial charge >= 0.3 is 49.7 Å². The maximum absolute atomic E-state index is 9.39. The molecule has 0 unspecified atom stereocenters. The van der Waals surface area contributed by atoms with Crippen molar-refractivity contribution in [3.63, 3.8) is 0 Å². The number of hydrogen-bond acceptors (Lipinski definition) is 5. The monoisotopic (exact) mass is 246 g/mol. The van der Waals surface area contributed by atoms with Crippen LogP contribution >= 0.6 is 0 Å². The van der Waals surface area contributed by atoms with E-state index >= 15 is 0 Å². The van der Waals surface area contributed by atoms with Crippen molar-refractivity contribution < 1.29 is 38.6 Å². The molecule has 0 saturated carbocycles. The van der Waals surface area contributed by atoms with Gasteiger partial charge in [-0.25, -0.2) is 0 Å². The van der Waals surface area contributed by atoms with E-state index in [9.17, 15) is 10.3 Å². The minimum atomic E-state index is -5.51. The molecule has 0 amide bonds. The van der Waals surface area contributed by atoms with Crippen LogP contribution in [0.3, 0.4) is 0 Å². The first kappa shape index (κ1) is 12.2. The molecule has 0 aromatic rings. The average Bonchev–Trinajstić information content (AvgIpc) is 1.30. The molecule has 0 bridgehead atoms. The Morgan fingerprint density at radius 1 is 1.38 bits per heavy atom. The van der Waals surface area contributed by atoms with E-state index in [4.69, 9.17) is 5.11 Å². The molecule has 5 nitrogen and oxygen atoms in total. The van der Waals surface area contributed by atoms with Gasteiger partial charge in [0, 0.05) is 0 Å². The second-order valence-corrected chi connectivity index (χ2v) is 3.40. The van der Waals surface area contributed by atoms with Crippen LogP contribution in [0.5, 0.6) is 0 Å². The molecule has 0 rings (SSSR count). The van der Waals surface area contributed by atoms with Gasteiger partial charge in [-0.3, -0.25) is 10.3 Å². The first-order chi connectivity index (χ1) is 3.06. The predicted molar refractivity (Wildman–Crippen MR) is 15.3 cm³/mol. The van der Waals surface area contributed by atoms with Gasteiger partial charge in [0.15, 0.2) is 0 Å². The molecule has 46 valence electrons. The van der Waals surface area contributed by atoms with Crippen molar-refractivity contribution >= 4 is 29.6 Å². The summed E-state index contributed by atoms with van der Waals surface area (Å²) in [5.41, 5.74) is 0. The first-order valence-corrected chi connectivity index (χ1v) is 4.75. The Kier molecular flexibility index (Phi) is 8.14. The molecule has 0 spiro atoms. The molecule has 0 aromatic carbocycles. The van der Waals surface area contributed by atoms with Gasteiger partial charge in [0.05, 0.1) is 3.07 Å². The third kappa shape index (κ3) is 10.5. The summed E-state index contributed by atoms with van der Waals surface area (Å²) in [6.07, 6.45) is 0. The smallest absolute Gasteiger partial charge is 0.361 e. The Hall–Kier alpha value is 1.53. The minimum absolute atomic E-state index is 0. The molecule has 0 aliphatic rings. The van der Waals surface area contributed by atoms with Crippen molar-refractivity contribution in [2.45, 2.75) is 0 Å². The van der Waals surface area contributed by atoms with Crippen LogP contribution in [0.4, 0.5) is 0 Å². The molecule has 0 radical (unpaired) electrons. The summed E-state index contributed by atoms with van der Waals surface area (Å²) in [7, 11) is 0. The summed E-state index contributed by atoms with van der Waals surface area (Å²) in [4.78, 5) is 0. The minimum Gasteiger partial charge on any atom is -0.361 e. The zero-order valence-corrected chi connectivity index (χ0v) is 5.32. The number of halogens is 1. The number of rotatable bonds is 2. The van der Waals surface area contributed by atoms with Crippen LogP contribution in [-0.4, -0.2) is 41.5 Å². The van der Waals surface area contributed by atoms with Crippen LogP contribution in [-0.2, 0) is 3.07 Å². The summed E-state index contributed by atoms with van der Waals surface area (Å²) in [5.74, 6) is 0. The van der Waals surface area contributed by atoms with Gasteiger partial charge in [-0.15, -0.1) is 0 Å². The molecular formula is CH4INaO5. The van der Waals surface area contributed by atoms with E-state index in [0.717, 1.165) is 0 Å². The summed E-state index contributed by atoms with van der Waals surface area (Å²) in [6, 6.07) is 0. The van der Waals surface area contributed by atoms with E-state index in [1.165, 1.54) is 0 Å². The van der Waals surface area contributed by atoms with Gasteiger partial charge in [-0.05, 0) is 0 Å². The Labute approximate surface area is 74.3 Å². The zero-order valence-electron chi connectivity index (χ0n) is 3.17. The molecule has 7 heteroatoms. The number of aliphatic hydroxyl groups is 1. The second-order valence-electron chi connectivity index (χ2n) is 0.616.